The molecule has 4 rings (SSSR count). The average Bonchev–Trinajstić information content (AvgIpc) is 2.69. The van der Waals surface area contributed by atoms with Crippen LogP contribution in [0.1, 0.15) is 24.0 Å². The normalized spacial score (nSPS) is 17.9. The predicted octanol–water partition coefficient (Wildman–Crippen LogP) is 3.82. The molecule has 2 aliphatic heterocycles. The van der Waals surface area contributed by atoms with Crippen LogP contribution in [0.2, 0.25) is 5.02 Å². The van der Waals surface area contributed by atoms with Gasteiger partial charge >= 0.3 is 0 Å². The Bertz CT molecular complexity index is 829. The van der Waals surface area contributed by atoms with Crippen molar-refractivity contribution in [3.8, 4) is 11.5 Å². The van der Waals surface area contributed by atoms with Crippen molar-refractivity contribution in [1.82, 2.24) is 4.90 Å². The molecule has 2 heterocycles. The molecule has 5 nitrogen and oxygen atoms in total. The Labute approximate surface area is 163 Å². The summed E-state index contributed by atoms with van der Waals surface area (Å²) < 4.78 is 17.3. The summed E-state index contributed by atoms with van der Waals surface area (Å²) in [5.74, 6) is 1.10. The molecule has 2 aromatic rings. The molecular weight excluding hydrogens is 366 g/mol. The van der Waals surface area contributed by atoms with Gasteiger partial charge in [0.25, 0.3) is 0 Å². The van der Waals surface area contributed by atoms with Crippen molar-refractivity contribution in [2.24, 2.45) is 0 Å². The van der Waals surface area contributed by atoms with E-state index in [9.17, 15) is 4.79 Å². The fourth-order valence-corrected chi connectivity index (χ4v) is 3.77. The summed E-state index contributed by atoms with van der Waals surface area (Å²) in [6, 6.07) is 13.2. The lowest BCUT2D eigenvalue weighted by molar-refractivity contribution is -0.227. The summed E-state index contributed by atoms with van der Waals surface area (Å²) in [5.41, 5.74) is 1.95. The van der Waals surface area contributed by atoms with Gasteiger partial charge in [-0.1, -0.05) is 23.7 Å². The largest absolute Gasteiger partial charge is 0.497 e. The standard InChI is InChI=1S/C21H22ClNO4/c1-25-18-5-2-15(3-6-18)12-20(24)23-10-8-21(9-11-23)26-14-16-13-17(22)4-7-19(16)27-21/h2-7,13H,8-12,14H2,1H3. The first-order valence-corrected chi connectivity index (χ1v) is 9.47. The van der Waals surface area contributed by atoms with Crippen LogP contribution in [-0.2, 0) is 22.6 Å². The van der Waals surface area contributed by atoms with Crippen molar-refractivity contribution in [2.45, 2.75) is 31.7 Å². The van der Waals surface area contributed by atoms with Crippen LogP contribution in [0.25, 0.3) is 0 Å². The first-order valence-electron chi connectivity index (χ1n) is 9.09. The maximum absolute atomic E-state index is 12.6. The Balaban J connectivity index is 1.35. The molecule has 1 spiro atoms. The van der Waals surface area contributed by atoms with Crippen molar-refractivity contribution in [2.75, 3.05) is 20.2 Å². The van der Waals surface area contributed by atoms with Gasteiger partial charge in [-0.15, -0.1) is 0 Å². The number of rotatable bonds is 3. The number of carbonyl (C=O) groups excluding carboxylic acids is 1. The molecule has 0 radical (unpaired) electrons. The van der Waals surface area contributed by atoms with E-state index in [1.807, 2.05) is 47.4 Å². The highest BCUT2D eigenvalue weighted by atomic mass is 35.5. The van der Waals surface area contributed by atoms with Crippen LogP contribution in [-0.4, -0.2) is 36.8 Å². The fourth-order valence-electron chi connectivity index (χ4n) is 3.57. The minimum Gasteiger partial charge on any atom is -0.497 e. The Morgan fingerprint density at radius 3 is 2.63 bits per heavy atom. The number of carbonyl (C=O) groups is 1. The first-order chi connectivity index (χ1) is 13.1. The summed E-state index contributed by atoms with van der Waals surface area (Å²) in [6.45, 7) is 1.73. The maximum Gasteiger partial charge on any atom is 0.226 e. The third kappa shape index (κ3) is 3.89. The molecule has 142 valence electrons. The molecule has 0 aliphatic carbocycles. The zero-order valence-electron chi connectivity index (χ0n) is 15.2. The van der Waals surface area contributed by atoms with Crippen LogP contribution < -0.4 is 9.47 Å². The van der Waals surface area contributed by atoms with E-state index in [1.54, 1.807) is 7.11 Å². The van der Waals surface area contributed by atoms with Gasteiger partial charge in [-0.3, -0.25) is 4.79 Å². The van der Waals surface area contributed by atoms with Gasteiger partial charge in [0.05, 0.1) is 20.1 Å². The second-order valence-corrected chi connectivity index (χ2v) is 7.40. The summed E-state index contributed by atoms with van der Waals surface area (Å²) >= 11 is 6.03. The zero-order valence-corrected chi connectivity index (χ0v) is 16.0. The quantitative estimate of drug-likeness (QED) is 0.803. The number of piperidine rings is 1. The Hall–Kier alpha value is -2.24. The molecule has 1 saturated heterocycles. The second-order valence-electron chi connectivity index (χ2n) is 6.96. The number of ether oxygens (including phenoxy) is 3. The van der Waals surface area contributed by atoms with Gasteiger partial charge in [-0.25, -0.2) is 0 Å². The molecule has 2 aliphatic rings. The van der Waals surface area contributed by atoms with E-state index >= 15 is 0 Å². The van der Waals surface area contributed by atoms with Crippen molar-refractivity contribution < 1.29 is 19.0 Å². The van der Waals surface area contributed by atoms with Crippen LogP contribution in [0.3, 0.4) is 0 Å². The molecular formula is C21H22ClNO4. The van der Waals surface area contributed by atoms with Crippen molar-refractivity contribution in [3.63, 3.8) is 0 Å². The summed E-state index contributed by atoms with van der Waals surface area (Å²) in [7, 11) is 1.63. The van der Waals surface area contributed by atoms with Crippen molar-refractivity contribution in [1.29, 1.82) is 0 Å². The highest BCUT2D eigenvalue weighted by Gasteiger charge is 2.41. The number of hydrogen-bond acceptors (Lipinski definition) is 4. The smallest absolute Gasteiger partial charge is 0.226 e. The van der Waals surface area contributed by atoms with Gasteiger partial charge in [0.2, 0.25) is 11.7 Å². The number of benzene rings is 2. The van der Waals surface area contributed by atoms with Gasteiger partial charge in [-0.2, -0.15) is 0 Å². The SMILES string of the molecule is COc1ccc(CC(=O)N2CCC3(CC2)OCc2cc(Cl)ccc2O3)cc1. The molecule has 0 N–H and O–H groups in total. The number of halogens is 1. The lowest BCUT2D eigenvalue weighted by Gasteiger charge is -2.44. The number of likely N-dealkylation sites (tertiary alicyclic amines) is 1. The van der Waals surface area contributed by atoms with Gasteiger partial charge in [0, 0.05) is 36.5 Å². The van der Waals surface area contributed by atoms with Crippen LogP contribution in [0.5, 0.6) is 11.5 Å². The molecule has 2 aromatic carbocycles. The molecule has 1 fully saturated rings. The first kappa shape index (κ1) is 18.1. The average molecular weight is 388 g/mol. The molecule has 1 amide bonds. The van der Waals surface area contributed by atoms with E-state index in [2.05, 4.69) is 0 Å². The number of amides is 1. The zero-order chi connectivity index (χ0) is 18.9. The lowest BCUT2D eigenvalue weighted by Crippen LogP contribution is -2.52. The minimum atomic E-state index is -0.641. The van der Waals surface area contributed by atoms with Gasteiger partial charge < -0.3 is 19.1 Å². The molecule has 0 unspecified atom stereocenters. The third-order valence-corrected chi connectivity index (χ3v) is 5.44. The van der Waals surface area contributed by atoms with Crippen LogP contribution in [0, 0.1) is 0 Å². The number of nitrogens with zero attached hydrogens (tertiary/aromatic N) is 1. The predicted molar refractivity (Wildman–Crippen MR) is 102 cm³/mol. The molecule has 6 heteroatoms. The van der Waals surface area contributed by atoms with E-state index in [-0.39, 0.29) is 5.91 Å². The lowest BCUT2D eigenvalue weighted by atomic mass is 10.0. The van der Waals surface area contributed by atoms with Crippen LogP contribution in [0.15, 0.2) is 42.5 Å². The van der Waals surface area contributed by atoms with Gasteiger partial charge in [0.1, 0.15) is 11.5 Å². The summed E-state index contributed by atoms with van der Waals surface area (Å²) in [5, 5.41) is 0.677. The number of hydrogen-bond donors (Lipinski definition) is 0. The fraction of sp³-hybridized carbons (Fsp3) is 0.381. The van der Waals surface area contributed by atoms with E-state index in [0.717, 1.165) is 22.6 Å². The number of fused-ring (bicyclic) bond motifs is 1. The summed E-state index contributed by atoms with van der Waals surface area (Å²) in [6.07, 6.45) is 1.70. The minimum absolute atomic E-state index is 0.123. The van der Waals surface area contributed by atoms with Gasteiger partial charge in [-0.05, 0) is 35.9 Å². The van der Waals surface area contributed by atoms with E-state index in [1.165, 1.54) is 0 Å². The topological polar surface area (TPSA) is 48.0 Å². The molecule has 0 bridgehead atoms. The highest BCUT2D eigenvalue weighted by Crippen LogP contribution is 2.38. The molecule has 0 saturated carbocycles. The third-order valence-electron chi connectivity index (χ3n) is 5.20. The van der Waals surface area contributed by atoms with Crippen molar-refractivity contribution >= 4 is 17.5 Å². The van der Waals surface area contributed by atoms with Gasteiger partial charge in [0.15, 0.2) is 0 Å². The monoisotopic (exact) mass is 387 g/mol. The highest BCUT2D eigenvalue weighted by molar-refractivity contribution is 6.30. The second kappa shape index (κ2) is 7.41. The van der Waals surface area contributed by atoms with Crippen LogP contribution >= 0.6 is 11.6 Å². The Kier molecular flexibility index (Phi) is 4.98. The Morgan fingerprint density at radius 2 is 1.93 bits per heavy atom. The molecule has 0 atom stereocenters. The Morgan fingerprint density at radius 1 is 1.19 bits per heavy atom. The molecule has 0 aromatic heterocycles. The number of methoxy groups -OCH3 is 1. The van der Waals surface area contributed by atoms with Crippen molar-refractivity contribution in [3.05, 3.63) is 58.6 Å². The van der Waals surface area contributed by atoms with E-state index in [0.29, 0.717) is 44.0 Å². The van der Waals surface area contributed by atoms with Crippen LogP contribution in [0.4, 0.5) is 0 Å². The maximum atomic E-state index is 12.6. The van der Waals surface area contributed by atoms with E-state index < -0.39 is 5.79 Å². The van der Waals surface area contributed by atoms with E-state index in [4.69, 9.17) is 25.8 Å². The summed E-state index contributed by atoms with van der Waals surface area (Å²) in [4.78, 5) is 14.5. The molecule has 27 heavy (non-hydrogen) atoms.